The first-order chi connectivity index (χ1) is 7.62. The highest BCUT2D eigenvalue weighted by Crippen LogP contribution is 2.44. The maximum absolute atomic E-state index is 11.4. The third-order valence-electron chi connectivity index (χ3n) is 2.54. The van der Waals surface area contributed by atoms with Crippen LogP contribution in [0.1, 0.15) is 18.5 Å². The number of nitrogens with two attached hydrogens (primary N) is 1. The van der Waals surface area contributed by atoms with E-state index in [0.717, 1.165) is 25.0 Å². The van der Waals surface area contributed by atoms with Crippen LogP contribution in [0.3, 0.4) is 0 Å². The van der Waals surface area contributed by atoms with E-state index in [9.17, 15) is 9.59 Å². The van der Waals surface area contributed by atoms with Crippen LogP contribution < -0.4 is 11.1 Å². The van der Waals surface area contributed by atoms with E-state index in [0.29, 0.717) is 0 Å². The van der Waals surface area contributed by atoms with Crippen LogP contribution in [0.5, 0.6) is 0 Å². The Morgan fingerprint density at radius 2 is 2.19 bits per heavy atom. The van der Waals surface area contributed by atoms with E-state index in [-0.39, 0.29) is 0 Å². The number of primary amides is 1. The Morgan fingerprint density at radius 3 is 2.69 bits per heavy atom. The summed E-state index contributed by atoms with van der Waals surface area (Å²) in [6.07, 6.45) is 4.20. The lowest BCUT2D eigenvalue weighted by molar-refractivity contribution is -0.123. The molecule has 0 unspecified atom stereocenters. The van der Waals surface area contributed by atoms with Crippen molar-refractivity contribution in [1.82, 2.24) is 10.3 Å². The fraction of sp³-hybridized carbons (Fsp3) is 0.273. The molecule has 1 aliphatic carbocycles. The summed E-state index contributed by atoms with van der Waals surface area (Å²) in [7, 11) is 0. The summed E-state index contributed by atoms with van der Waals surface area (Å²) < 4.78 is 0. The van der Waals surface area contributed by atoms with E-state index in [2.05, 4.69) is 10.3 Å². The molecule has 83 valence electrons. The topological polar surface area (TPSA) is 85.1 Å². The van der Waals surface area contributed by atoms with Gasteiger partial charge in [0.05, 0.1) is 11.2 Å². The van der Waals surface area contributed by atoms with Gasteiger partial charge < -0.3 is 11.1 Å². The van der Waals surface area contributed by atoms with Crippen LogP contribution in [0.25, 0.3) is 0 Å². The second kappa shape index (κ2) is 3.92. The molecule has 1 saturated carbocycles. The number of carbonyl (C=O) groups excluding carboxylic acids is 2. The summed E-state index contributed by atoms with van der Waals surface area (Å²) in [4.78, 5) is 26.1. The molecule has 1 heterocycles. The summed E-state index contributed by atoms with van der Waals surface area (Å²) in [5, 5.41) is 2.76. The predicted octanol–water partition coefficient (Wildman–Crippen LogP) is -0.124. The Hall–Kier alpha value is -1.91. The fourth-order valence-corrected chi connectivity index (χ4v) is 1.62. The third-order valence-corrected chi connectivity index (χ3v) is 2.54. The van der Waals surface area contributed by atoms with Crippen LogP contribution in [0.4, 0.5) is 0 Å². The Labute approximate surface area is 93.0 Å². The zero-order valence-corrected chi connectivity index (χ0v) is 8.64. The number of nitrogens with one attached hydrogen (secondary N) is 1. The summed E-state index contributed by atoms with van der Waals surface area (Å²) >= 11 is 0. The van der Waals surface area contributed by atoms with E-state index in [1.54, 1.807) is 6.20 Å². The van der Waals surface area contributed by atoms with Gasteiger partial charge in [0.25, 0.3) is 0 Å². The van der Waals surface area contributed by atoms with Crippen LogP contribution in [-0.4, -0.2) is 16.8 Å². The lowest BCUT2D eigenvalue weighted by atomic mass is 10.1. The van der Waals surface area contributed by atoms with E-state index >= 15 is 0 Å². The second-order valence-corrected chi connectivity index (χ2v) is 3.83. The Bertz CT molecular complexity index is 412. The molecule has 1 aromatic heterocycles. The number of hydrogen-bond acceptors (Lipinski definition) is 3. The van der Waals surface area contributed by atoms with Gasteiger partial charge in [-0.05, 0) is 25.0 Å². The van der Waals surface area contributed by atoms with E-state index in [4.69, 9.17) is 5.73 Å². The van der Waals surface area contributed by atoms with E-state index < -0.39 is 17.4 Å². The highest BCUT2D eigenvalue weighted by atomic mass is 16.2. The normalized spacial score (nSPS) is 16.5. The average molecular weight is 218 g/mol. The van der Waals surface area contributed by atoms with Crippen molar-refractivity contribution in [3.8, 4) is 0 Å². The number of nitrogens with zero attached hydrogens (tertiary/aromatic N) is 1. The monoisotopic (exact) mass is 218 g/mol. The first-order valence-electron chi connectivity index (χ1n) is 5.00. The van der Waals surface area contributed by atoms with Gasteiger partial charge in [0.1, 0.15) is 6.42 Å². The Morgan fingerprint density at radius 1 is 1.44 bits per heavy atom. The lowest BCUT2D eigenvalue weighted by Crippen LogP contribution is -2.38. The van der Waals surface area contributed by atoms with Gasteiger partial charge in [-0.1, -0.05) is 6.07 Å². The first kappa shape index (κ1) is 10.6. The molecule has 1 aromatic rings. The molecule has 1 fully saturated rings. The van der Waals surface area contributed by atoms with Gasteiger partial charge in [0.2, 0.25) is 11.8 Å². The van der Waals surface area contributed by atoms with Gasteiger partial charge in [-0.15, -0.1) is 0 Å². The standard InChI is InChI=1S/C11H12N3O2/c12-9(15)7-10(16)14-11(4-5-11)8-3-1-2-6-13-8/h1-3,6-7H,4-5H2,(H2,12,15)(H,14,16). The molecule has 0 aliphatic heterocycles. The van der Waals surface area contributed by atoms with E-state index in [1.165, 1.54) is 0 Å². The van der Waals surface area contributed by atoms with Crippen molar-refractivity contribution >= 4 is 11.8 Å². The summed E-state index contributed by atoms with van der Waals surface area (Å²) in [6.45, 7) is 0. The molecule has 2 amide bonds. The summed E-state index contributed by atoms with van der Waals surface area (Å²) in [5.41, 5.74) is 5.32. The molecule has 5 heteroatoms. The van der Waals surface area contributed by atoms with Crippen molar-refractivity contribution < 1.29 is 9.59 Å². The highest BCUT2D eigenvalue weighted by Gasteiger charge is 2.46. The van der Waals surface area contributed by atoms with Crippen molar-refractivity contribution in [2.75, 3.05) is 0 Å². The van der Waals surface area contributed by atoms with Crippen LogP contribution in [0.15, 0.2) is 24.4 Å². The minimum atomic E-state index is -0.741. The third kappa shape index (κ3) is 2.18. The quantitative estimate of drug-likeness (QED) is 0.691. The molecule has 1 aliphatic rings. The van der Waals surface area contributed by atoms with Crippen molar-refractivity contribution in [3.63, 3.8) is 0 Å². The smallest absolute Gasteiger partial charge is 0.234 e. The van der Waals surface area contributed by atoms with Gasteiger partial charge in [-0.3, -0.25) is 14.6 Å². The SMILES string of the molecule is NC(=O)[CH]C(=O)NC1(c2ccccn2)CC1. The summed E-state index contributed by atoms with van der Waals surface area (Å²) in [6, 6.07) is 5.54. The first-order valence-corrected chi connectivity index (χ1v) is 5.00. The van der Waals surface area contributed by atoms with Gasteiger partial charge in [-0.25, -0.2) is 0 Å². The minimum Gasteiger partial charge on any atom is -0.369 e. The molecular formula is C11H12N3O2. The van der Waals surface area contributed by atoms with Gasteiger partial charge >= 0.3 is 0 Å². The zero-order valence-electron chi connectivity index (χ0n) is 8.64. The van der Waals surface area contributed by atoms with Crippen molar-refractivity contribution in [2.45, 2.75) is 18.4 Å². The minimum absolute atomic E-state index is 0.399. The molecular weight excluding hydrogens is 206 g/mol. The van der Waals surface area contributed by atoms with Gasteiger partial charge in [-0.2, -0.15) is 0 Å². The number of rotatable bonds is 4. The average Bonchev–Trinajstić information content (AvgIpc) is 2.99. The fourth-order valence-electron chi connectivity index (χ4n) is 1.62. The maximum atomic E-state index is 11.4. The molecule has 0 bridgehead atoms. The van der Waals surface area contributed by atoms with Gasteiger partial charge in [0.15, 0.2) is 0 Å². The van der Waals surface area contributed by atoms with Gasteiger partial charge in [0, 0.05) is 6.20 Å². The van der Waals surface area contributed by atoms with Crippen molar-refractivity contribution in [2.24, 2.45) is 5.73 Å². The molecule has 1 radical (unpaired) electrons. The lowest BCUT2D eigenvalue weighted by Gasteiger charge is -2.15. The van der Waals surface area contributed by atoms with Crippen molar-refractivity contribution in [1.29, 1.82) is 0 Å². The molecule has 0 atom stereocenters. The number of amides is 2. The van der Waals surface area contributed by atoms with Crippen LogP contribution >= 0.6 is 0 Å². The molecule has 0 aromatic carbocycles. The Kier molecular flexibility index (Phi) is 2.60. The molecule has 3 N–H and O–H groups in total. The highest BCUT2D eigenvalue weighted by molar-refractivity contribution is 6.08. The molecule has 0 spiro atoms. The maximum Gasteiger partial charge on any atom is 0.234 e. The zero-order chi connectivity index (χ0) is 11.6. The predicted molar refractivity (Wildman–Crippen MR) is 56.8 cm³/mol. The second-order valence-electron chi connectivity index (χ2n) is 3.83. The van der Waals surface area contributed by atoms with Crippen molar-refractivity contribution in [3.05, 3.63) is 36.5 Å². The van der Waals surface area contributed by atoms with Crippen LogP contribution in [-0.2, 0) is 15.1 Å². The van der Waals surface area contributed by atoms with Crippen LogP contribution in [0.2, 0.25) is 0 Å². The number of pyridine rings is 1. The number of aromatic nitrogens is 1. The molecule has 16 heavy (non-hydrogen) atoms. The molecule has 2 rings (SSSR count). The number of carbonyl (C=O) groups is 2. The number of hydrogen-bond donors (Lipinski definition) is 2. The molecule has 0 saturated heterocycles. The van der Waals surface area contributed by atoms with Crippen LogP contribution in [0, 0.1) is 6.42 Å². The largest absolute Gasteiger partial charge is 0.369 e. The Balaban J connectivity index is 2.05. The summed E-state index contributed by atoms with van der Waals surface area (Å²) in [5.74, 6) is -1.20. The molecule has 5 nitrogen and oxygen atoms in total. The van der Waals surface area contributed by atoms with E-state index in [1.807, 2.05) is 18.2 Å².